The lowest BCUT2D eigenvalue weighted by Crippen LogP contribution is -2.34. The van der Waals surface area contributed by atoms with Gasteiger partial charge in [0, 0.05) is 6.61 Å². The summed E-state index contributed by atoms with van der Waals surface area (Å²) in [6, 6.07) is 2.97. The topological polar surface area (TPSA) is 26.3 Å². The SMILES string of the molecule is CCOC(C(=O)c1cc(F)ccc1F)C1CCCCC1. The zero-order chi connectivity index (χ0) is 14.5. The van der Waals surface area contributed by atoms with Crippen molar-refractivity contribution >= 4 is 5.78 Å². The van der Waals surface area contributed by atoms with Gasteiger partial charge in [-0.25, -0.2) is 8.78 Å². The fourth-order valence-electron chi connectivity index (χ4n) is 2.88. The number of ether oxygens (including phenoxy) is 1. The number of rotatable bonds is 5. The van der Waals surface area contributed by atoms with E-state index in [0.29, 0.717) is 6.61 Å². The fraction of sp³-hybridized carbons (Fsp3) is 0.562. The number of hydrogen-bond donors (Lipinski definition) is 0. The largest absolute Gasteiger partial charge is 0.370 e. The predicted molar refractivity (Wildman–Crippen MR) is 72.7 cm³/mol. The Hall–Kier alpha value is -1.29. The van der Waals surface area contributed by atoms with E-state index in [4.69, 9.17) is 4.74 Å². The molecule has 0 N–H and O–H groups in total. The van der Waals surface area contributed by atoms with Gasteiger partial charge in [0.1, 0.15) is 17.7 Å². The standard InChI is InChI=1S/C16H20F2O2/c1-2-20-16(11-6-4-3-5-7-11)15(19)13-10-12(17)8-9-14(13)18/h8-11,16H,2-7H2,1H3. The monoisotopic (exact) mass is 282 g/mol. The van der Waals surface area contributed by atoms with Crippen molar-refractivity contribution < 1.29 is 18.3 Å². The van der Waals surface area contributed by atoms with Crippen LogP contribution in [-0.2, 0) is 4.74 Å². The second-order valence-corrected chi connectivity index (χ2v) is 5.26. The summed E-state index contributed by atoms with van der Waals surface area (Å²) in [6.45, 7) is 2.20. The van der Waals surface area contributed by atoms with Crippen LogP contribution >= 0.6 is 0 Å². The van der Waals surface area contributed by atoms with E-state index in [0.717, 1.165) is 50.3 Å². The molecule has 2 rings (SSSR count). The van der Waals surface area contributed by atoms with Crippen LogP contribution in [0.1, 0.15) is 49.4 Å². The molecule has 4 heteroatoms. The quantitative estimate of drug-likeness (QED) is 0.759. The minimum Gasteiger partial charge on any atom is -0.370 e. The molecule has 0 amide bonds. The molecule has 1 aliphatic rings. The minimum atomic E-state index is -0.683. The van der Waals surface area contributed by atoms with E-state index in [2.05, 4.69) is 0 Å². The summed E-state index contributed by atoms with van der Waals surface area (Å²) in [5.74, 6) is -1.61. The van der Waals surface area contributed by atoms with Crippen molar-refractivity contribution in [1.29, 1.82) is 0 Å². The molecule has 0 saturated heterocycles. The molecular weight excluding hydrogens is 262 g/mol. The minimum absolute atomic E-state index is 0.110. The number of halogens is 2. The van der Waals surface area contributed by atoms with Crippen LogP contribution in [0.4, 0.5) is 8.78 Å². The van der Waals surface area contributed by atoms with Gasteiger partial charge in [-0.3, -0.25) is 4.79 Å². The average molecular weight is 282 g/mol. The summed E-state index contributed by atoms with van der Waals surface area (Å²) >= 11 is 0. The molecular formula is C16H20F2O2. The third-order valence-corrected chi connectivity index (χ3v) is 3.88. The lowest BCUT2D eigenvalue weighted by molar-refractivity contribution is 0.0123. The molecule has 1 aromatic rings. The normalized spacial score (nSPS) is 17.9. The number of carbonyl (C=O) groups is 1. The van der Waals surface area contributed by atoms with Crippen molar-refractivity contribution in [1.82, 2.24) is 0 Å². The Bertz CT molecular complexity index is 468. The highest BCUT2D eigenvalue weighted by atomic mass is 19.1. The van der Waals surface area contributed by atoms with Gasteiger partial charge in [-0.05, 0) is 43.9 Å². The molecule has 20 heavy (non-hydrogen) atoms. The molecule has 0 spiro atoms. The van der Waals surface area contributed by atoms with Crippen LogP contribution in [0.2, 0.25) is 0 Å². The van der Waals surface area contributed by atoms with E-state index in [1.165, 1.54) is 0 Å². The molecule has 1 atom stereocenters. The molecule has 1 unspecified atom stereocenters. The lowest BCUT2D eigenvalue weighted by Gasteiger charge is -2.29. The summed E-state index contributed by atoms with van der Waals surface area (Å²) in [5, 5.41) is 0. The smallest absolute Gasteiger partial charge is 0.194 e. The molecule has 1 fully saturated rings. The van der Waals surface area contributed by atoms with Gasteiger partial charge in [0.2, 0.25) is 0 Å². The summed E-state index contributed by atoms with van der Waals surface area (Å²) in [7, 11) is 0. The Morgan fingerprint density at radius 3 is 2.65 bits per heavy atom. The zero-order valence-corrected chi connectivity index (χ0v) is 11.7. The Kier molecular flexibility index (Phi) is 5.24. The van der Waals surface area contributed by atoms with E-state index in [1.54, 1.807) is 0 Å². The van der Waals surface area contributed by atoms with Gasteiger partial charge in [0.15, 0.2) is 5.78 Å². The first-order chi connectivity index (χ1) is 9.63. The molecule has 2 nitrogen and oxygen atoms in total. The summed E-state index contributed by atoms with van der Waals surface area (Å²) in [5.41, 5.74) is -0.200. The molecule has 1 aliphatic carbocycles. The maximum Gasteiger partial charge on any atom is 0.194 e. The molecule has 0 radical (unpaired) electrons. The zero-order valence-electron chi connectivity index (χ0n) is 11.7. The van der Waals surface area contributed by atoms with Gasteiger partial charge in [-0.15, -0.1) is 0 Å². The highest BCUT2D eigenvalue weighted by molar-refractivity contribution is 6.00. The molecule has 0 bridgehead atoms. The van der Waals surface area contributed by atoms with E-state index in [9.17, 15) is 13.6 Å². The number of carbonyl (C=O) groups excluding carboxylic acids is 1. The van der Waals surface area contributed by atoms with Crippen LogP contribution in [0.5, 0.6) is 0 Å². The Morgan fingerprint density at radius 2 is 2.00 bits per heavy atom. The Morgan fingerprint density at radius 1 is 1.30 bits per heavy atom. The van der Waals surface area contributed by atoms with E-state index in [-0.39, 0.29) is 11.5 Å². The number of Topliss-reactive ketones (excluding diaryl/α,β-unsaturated/α-hetero) is 1. The van der Waals surface area contributed by atoms with Gasteiger partial charge >= 0.3 is 0 Å². The van der Waals surface area contributed by atoms with Crippen LogP contribution < -0.4 is 0 Å². The average Bonchev–Trinajstić information content (AvgIpc) is 2.47. The van der Waals surface area contributed by atoms with Crippen molar-refractivity contribution in [3.63, 3.8) is 0 Å². The summed E-state index contributed by atoms with van der Waals surface area (Å²) in [6.07, 6.45) is 4.45. The van der Waals surface area contributed by atoms with Gasteiger partial charge in [-0.1, -0.05) is 19.3 Å². The van der Waals surface area contributed by atoms with Crippen LogP contribution in [0.3, 0.4) is 0 Å². The van der Waals surface area contributed by atoms with Crippen molar-refractivity contribution in [3.8, 4) is 0 Å². The Labute approximate surface area is 118 Å². The number of ketones is 1. The summed E-state index contributed by atoms with van der Waals surface area (Å²) < 4.78 is 32.5. The number of hydrogen-bond acceptors (Lipinski definition) is 2. The van der Waals surface area contributed by atoms with E-state index >= 15 is 0 Å². The third kappa shape index (κ3) is 3.42. The first kappa shape index (κ1) is 15.1. The fourth-order valence-corrected chi connectivity index (χ4v) is 2.88. The lowest BCUT2D eigenvalue weighted by atomic mass is 9.82. The van der Waals surface area contributed by atoms with Crippen molar-refractivity contribution in [3.05, 3.63) is 35.4 Å². The summed E-state index contributed by atoms with van der Waals surface area (Å²) in [4.78, 5) is 12.5. The first-order valence-corrected chi connectivity index (χ1v) is 7.24. The molecule has 0 aromatic heterocycles. The maximum absolute atomic E-state index is 13.7. The van der Waals surface area contributed by atoms with Crippen molar-refractivity contribution in [2.75, 3.05) is 6.61 Å². The highest BCUT2D eigenvalue weighted by Crippen LogP contribution is 2.30. The van der Waals surface area contributed by atoms with E-state index < -0.39 is 23.5 Å². The molecule has 0 aliphatic heterocycles. The van der Waals surface area contributed by atoms with Crippen LogP contribution in [0.25, 0.3) is 0 Å². The molecule has 1 aromatic carbocycles. The van der Waals surface area contributed by atoms with Crippen LogP contribution in [0, 0.1) is 17.6 Å². The third-order valence-electron chi connectivity index (χ3n) is 3.88. The second kappa shape index (κ2) is 6.93. The predicted octanol–water partition coefficient (Wildman–Crippen LogP) is 4.13. The maximum atomic E-state index is 13.7. The van der Waals surface area contributed by atoms with Gasteiger partial charge < -0.3 is 4.74 Å². The van der Waals surface area contributed by atoms with Gasteiger partial charge in [-0.2, -0.15) is 0 Å². The highest BCUT2D eigenvalue weighted by Gasteiger charge is 2.32. The van der Waals surface area contributed by atoms with Crippen molar-refractivity contribution in [2.45, 2.75) is 45.1 Å². The van der Waals surface area contributed by atoms with Crippen molar-refractivity contribution in [2.24, 2.45) is 5.92 Å². The second-order valence-electron chi connectivity index (χ2n) is 5.26. The van der Waals surface area contributed by atoms with Crippen LogP contribution in [-0.4, -0.2) is 18.5 Å². The molecule has 1 saturated carbocycles. The van der Waals surface area contributed by atoms with E-state index in [1.807, 2.05) is 6.92 Å². The van der Waals surface area contributed by atoms with Gasteiger partial charge in [0.25, 0.3) is 0 Å². The molecule has 0 heterocycles. The number of benzene rings is 1. The Balaban J connectivity index is 2.23. The first-order valence-electron chi connectivity index (χ1n) is 7.24. The molecule has 110 valence electrons. The van der Waals surface area contributed by atoms with Gasteiger partial charge in [0.05, 0.1) is 5.56 Å². The van der Waals surface area contributed by atoms with Crippen LogP contribution in [0.15, 0.2) is 18.2 Å².